The Kier molecular flexibility index (Phi) is 6.24. The van der Waals surface area contributed by atoms with E-state index in [0.29, 0.717) is 27.6 Å². The van der Waals surface area contributed by atoms with E-state index in [1.54, 1.807) is 85.2 Å². The van der Waals surface area contributed by atoms with E-state index in [9.17, 15) is 9.59 Å². The molecule has 0 atom stereocenters. The fraction of sp³-hybridized carbons (Fsp3) is 0.0400. The van der Waals surface area contributed by atoms with Gasteiger partial charge < -0.3 is 10.1 Å². The van der Waals surface area contributed by atoms with E-state index in [2.05, 4.69) is 15.3 Å². The normalized spacial score (nSPS) is 10.4. The summed E-state index contributed by atoms with van der Waals surface area (Å²) in [5.41, 5.74) is 2.44. The first-order chi connectivity index (χ1) is 15.5. The van der Waals surface area contributed by atoms with Crippen molar-refractivity contribution in [1.82, 2.24) is 9.97 Å². The van der Waals surface area contributed by atoms with Gasteiger partial charge in [0.25, 0.3) is 5.91 Å². The summed E-state index contributed by atoms with van der Waals surface area (Å²) in [6.07, 6.45) is 3.18. The molecule has 158 valence electrons. The lowest BCUT2D eigenvalue weighted by Crippen LogP contribution is -2.17. The number of halogens is 1. The van der Waals surface area contributed by atoms with Crippen molar-refractivity contribution < 1.29 is 14.3 Å². The van der Waals surface area contributed by atoms with Crippen molar-refractivity contribution in [2.45, 2.75) is 6.92 Å². The van der Waals surface area contributed by atoms with Gasteiger partial charge in [-0.15, -0.1) is 0 Å². The Morgan fingerprint density at radius 1 is 0.875 bits per heavy atom. The van der Waals surface area contributed by atoms with Gasteiger partial charge in [0, 0.05) is 34.2 Å². The number of rotatable bonds is 6. The molecule has 1 amide bonds. The number of aryl methyl sites for hydroxylation is 1. The van der Waals surface area contributed by atoms with Crippen molar-refractivity contribution in [3.63, 3.8) is 0 Å². The zero-order valence-electron chi connectivity index (χ0n) is 17.1. The van der Waals surface area contributed by atoms with Crippen LogP contribution in [0, 0.1) is 6.92 Å². The fourth-order valence-corrected chi connectivity index (χ4v) is 3.23. The van der Waals surface area contributed by atoms with Crippen LogP contribution >= 0.6 is 11.6 Å². The average molecular weight is 444 g/mol. The van der Waals surface area contributed by atoms with E-state index in [0.717, 1.165) is 5.56 Å². The minimum Gasteiger partial charge on any atom is -0.424 e. The van der Waals surface area contributed by atoms with Gasteiger partial charge in [-0.1, -0.05) is 29.8 Å². The molecule has 0 saturated heterocycles. The molecule has 0 bridgehead atoms. The van der Waals surface area contributed by atoms with Crippen molar-refractivity contribution in [3.05, 3.63) is 112 Å². The van der Waals surface area contributed by atoms with Crippen LogP contribution < -0.4 is 10.1 Å². The summed E-state index contributed by atoms with van der Waals surface area (Å²) in [4.78, 5) is 34.0. The predicted octanol–water partition coefficient (Wildman–Crippen LogP) is 5.71. The molecule has 7 heteroatoms. The first kappa shape index (κ1) is 21.2. The molecule has 0 saturated carbocycles. The topological polar surface area (TPSA) is 81.2 Å². The molecule has 0 fully saturated rings. The number of ether oxygens (including phenoxy) is 1. The standard InChI is InChI=1S/C25H18ClN3O3/c1-16-15-19(32-25-27-13-4-14-28-25)11-12-22(16)29-24(31)21-6-3-2-5-20(21)23(30)17-7-9-18(26)10-8-17/h2-15H,1H3,(H,29,31). The maximum Gasteiger partial charge on any atom is 0.321 e. The molecule has 0 radical (unpaired) electrons. The van der Waals surface area contributed by atoms with Crippen molar-refractivity contribution in [2.75, 3.05) is 5.32 Å². The third-order valence-electron chi connectivity index (χ3n) is 4.72. The number of amides is 1. The number of hydrogen-bond acceptors (Lipinski definition) is 5. The first-order valence-corrected chi connectivity index (χ1v) is 10.2. The van der Waals surface area contributed by atoms with Crippen LogP contribution in [0.25, 0.3) is 0 Å². The smallest absolute Gasteiger partial charge is 0.321 e. The highest BCUT2D eigenvalue weighted by Gasteiger charge is 2.19. The summed E-state index contributed by atoms with van der Waals surface area (Å²) in [5.74, 6) is -0.0909. The average Bonchev–Trinajstić information content (AvgIpc) is 2.81. The zero-order valence-corrected chi connectivity index (χ0v) is 17.8. The van der Waals surface area contributed by atoms with Crippen LogP contribution in [-0.4, -0.2) is 21.7 Å². The molecule has 1 aromatic heterocycles. The maximum atomic E-state index is 13.0. The van der Waals surface area contributed by atoms with Gasteiger partial charge in [0.2, 0.25) is 0 Å². The predicted molar refractivity (Wildman–Crippen MR) is 123 cm³/mol. The number of nitrogens with zero attached hydrogens (tertiary/aromatic N) is 2. The molecule has 32 heavy (non-hydrogen) atoms. The van der Waals surface area contributed by atoms with Crippen LogP contribution in [0.1, 0.15) is 31.8 Å². The number of aromatic nitrogens is 2. The molecule has 0 spiro atoms. The molecule has 0 aliphatic heterocycles. The molecule has 6 nitrogen and oxygen atoms in total. The maximum absolute atomic E-state index is 13.0. The Labute approximate surface area is 189 Å². The van der Waals surface area contributed by atoms with Crippen molar-refractivity contribution >= 4 is 29.0 Å². The summed E-state index contributed by atoms with van der Waals surface area (Å²) in [6.45, 7) is 1.85. The summed E-state index contributed by atoms with van der Waals surface area (Å²) in [5, 5.41) is 3.41. The van der Waals surface area contributed by atoms with Crippen molar-refractivity contribution in [2.24, 2.45) is 0 Å². The number of anilines is 1. The minimum atomic E-state index is -0.383. The quantitative estimate of drug-likeness (QED) is 0.386. The second kappa shape index (κ2) is 9.41. The van der Waals surface area contributed by atoms with E-state index in [-0.39, 0.29) is 23.3 Å². The third kappa shape index (κ3) is 4.82. The molecule has 1 N–H and O–H groups in total. The molecule has 4 aromatic rings. The SMILES string of the molecule is Cc1cc(Oc2ncccn2)ccc1NC(=O)c1ccccc1C(=O)c1ccc(Cl)cc1. The lowest BCUT2D eigenvalue weighted by atomic mass is 9.98. The highest BCUT2D eigenvalue weighted by Crippen LogP contribution is 2.25. The van der Waals surface area contributed by atoms with Gasteiger partial charge in [0.05, 0.1) is 5.56 Å². The van der Waals surface area contributed by atoms with Crippen LogP contribution in [-0.2, 0) is 0 Å². The Balaban J connectivity index is 1.54. The summed E-state index contributed by atoms with van der Waals surface area (Å²) >= 11 is 5.91. The van der Waals surface area contributed by atoms with Gasteiger partial charge >= 0.3 is 6.01 Å². The van der Waals surface area contributed by atoms with E-state index < -0.39 is 0 Å². The molecule has 1 heterocycles. The van der Waals surface area contributed by atoms with Crippen molar-refractivity contribution in [1.29, 1.82) is 0 Å². The molecule has 3 aromatic carbocycles. The summed E-state index contributed by atoms with van der Waals surface area (Å²) in [7, 11) is 0. The monoisotopic (exact) mass is 443 g/mol. The van der Waals surface area contributed by atoms with E-state index in [1.807, 2.05) is 6.92 Å². The number of nitrogens with one attached hydrogen (secondary N) is 1. The molecule has 0 aliphatic rings. The van der Waals surface area contributed by atoms with Gasteiger partial charge in [-0.2, -0.15) is 0 Å². The van der Waals surface area contributed by atoms with Crippen LogP contribution in [0.5, 0.6) is 11.8 Å². The second-order valence-electron chi connectivity index (χ2n) is 6.95. The number of carbonyl (C=O) groups is 2. The zero-order chi connectivity index (χ0) is 22.5. The van der Waals surface area contributed by atoms with E-state index in [4.69, 9.17) is 16.3 Å². The number of ketones is 1. The highest BCUT2D eigenvalue weighted by molar-refractivity contribution is 6.30. The molecular formula is C25H18ClN3O3. The molecule has 4 rings (SSSR count). The highest BCUT2D eigenvalue weighted by atomic mass is 35.5. The molecular weight excluding hydrogens is 426 g/mol. The van der Waals surface area contributed by atoms with Crippen LogP contribution in [0.2, 0.25) is 5.02 Å². The Morgan fingerprint density at radius 2 is 1.56 bits per heavy atom. The lowest BCUT2D eigenvalue weighted by Gasteiger charge is -2.12. The number of benzene rings is 3. The Morgan fingerprint density at radius 3 is 2.25 bits per heavy atom. The first-order valence-electron chi connectivity index (χ1n) is 9.77. The largest absolute Gasteiger partial charge is 0.424 e. The fourth-order valence-electron chi connectivity index (χ4n) is 3.11. The molecule has 0 aliphatic carbocycles. The molecule has 0 unspecified atom stereocenters. The van der Waals surface area contributed by atoms with Gasteiger partial charge in [-0.25, -0.2) is 9.97 Å². The van der Waals surface area contributed by atoms with Crippen LogP contribution in [0.15, 0.2) is 85.2 Å². The third-order valence-corrected chi connectivity index (χ3v) is 4.97. The second-order valence-corrected chi connectivity index (χ2v) is 7.38. The van der Waals surface area contributed by atoms with Crippen molar-refractivity contribution in [3.8, 4) is 11.8 Å². The number of carbonyl (C=O) groups excluding carboxylic acids is 2. The number of hydrogen-bond donors (Lipinski definition) is 1. The van der Waals surface area contributed by atoms with Gasteiger partial charge in [0.1, 0.15) is 5.75 Å². The minimum absolute atomic E-state index is 0.235. The van der Waals surface area contributed by atoms with E-state index in [1.165, 1.54) is 0 Å². The lowest BCUT2D eigenvalue weighted by molar-refractivity contribution is 0.0996. The Bertz CT molecular complexity index is 1280. The van der Waals surface area contributed by atoms with Gasteiger partial charge in [0.15, 0.2) is 5.78 Å². The van der Waals surface area contributed by atoms with Gasteiger partial charge in [-0.3, -0.25) is 9.59 Å². The summed E-state index contributed by atoms with van der Waals surface area (Å²) in [6, 6.07) is 20.4. The van der Waals surface area contributed by atoms with Crippen LogP contribution in [0.3, 0.4) is 0 Å². The van der Waals surface area contributed by atoms with Crippen LogP contribution in [0.4, 0.5) is 5.69 Å². The summed E-state index contributed by atoms with van der Waals surface area (Å²) < 4.78 is 5.62. The van der Waals surface area contributed by atoms with E-state index >= 15 is 0 Å². The Hall–Kier alpha value is -4.03. The van der Waals surface area contributed by atoms with Gasteiger partial charge in [-0.05, 0) is 67.1 Å².